The van der Waals surface area contributed by atoms with Gasteiger partial charge in [0, 0.05) is 23.3 Å². The number of ketones is 1. The maximum absolute atomic E-state index is 14.6. The molecular formula is C18H14F6O2S. The number of Topliss-reactive ketones (excluding diaryl/α,β-unsaturated/α-hetero) is 1. The summed E-state index contributed by atoms with van der Waals surface area (Å²) in [5, 5.41) is 0. The van der Waals surface area contributed by atoms with Gasteiger partial charge in [0.25, 0.3) is 0 Å². The molecule has 0 atom stereocenters. The van der Waals surface area contributed by atoms with Crippen LogP contribution in [0.4, 0.5) is 26.3 Å². The first kappa shape index (κ1) is 21.1. The Morgan fingerprint density at radius 1 is 1.00 bits per heavy atom. The standard InChI is InChI=1S/C18H14F6O2S/c1-9-3-4-11(15(20)14(9)19)12-5-6-13(26-18(22,23)24)16(21)17(12)27-8-7-10(2)25/h3-6H,7-8H2,1-2H3. The molecule has 0 amide bonds. The van der Waals surface area contributed by atoms with Crippen LogP contribution in [-0.2, 0) is 4.79 Å². The number of carbonyl (C=O) groups is 1. The molecule has 27 heavy (non-hydrogen) atoms. The van der Waals surface area contributed by atoms with Gasteiger partial charge < -0.3 is 4.74 Å². The van der Waals surface area contributed by atoms with Gasteiger partial charge in [-0.15, -0.1) is 24.9 Å². The molecule has 0 aliphatic carbocycles. The highest BCUT2D eigenvalue weighted by Gasteiger charge is 2.33. The summed E-state index contributed by atoms with van der Waals surface area (Å²) >= 11 is 0.723. The first-order valence-electron chi connectivity index (χ1n) is 7.66. The molecule has 0 unspecified atom stereocenters. The quantitative estimate of drug-likeness (QED) is 0.430. The summed E-state index contributed by atoms with van der Waals surface area (Å²) in [5.41, 5.74) is -0.410. The summed E-state index contributed by atoms with van der Waals surface area (Å²) in [6.07, 6.45) is -5.09. The van der Waals surface area contributed by atoms with E-state index in [4.69, 9.17) is 0 Å². The van der Waals surface area contributed by atoms with Gasteiger partial charge in [-0.25, -0.2) is 13.2 Å². The average Bonchev–Trinajstić information content (AvgIpc) is 2.55. The Kier molecular flexibility index (Phi) is 6.46. The molecule has 0 spiro atoms. The molecule has 2 aromatic rings. The first-order chi connectivity index (χ1) is 12.5. The highest BCUT2D eigenvalue weighted by molar-refractivity contribution is 7.99. The Balaban J connectivity index is 2.57. The van der Waals surface area contributed by atoms with Crippen LogP contribution in [0.2, 0.25) is 0 Å². The average molecular weight is 408 g/mol. The Hall–Kier alpha value is -2.16. The van der Waals surface area contributed by atoms with Crippen LogP contribution in [0.3, 0.4) is 0 Å². The van der Waals surface area contributed by atoms with Crippen LogP contribution >= 0.6 is 11.8 Å². The summed E-state index contributed by atoms with van der Waals surface area (Å²) in [7, 11) is 0. The van der Waals surface area contributed by atoms with Gasteiger partial charge in [-0.3, -0.25) is 4.79 Å². The lowest BCUT2D eigenvalue weighted by molar-refractivity contribution is -0.275. The van der Waals surface area contributed by atoms with Crippen LogP contribution in [0.25, 0.3) is 11.1 Å². The third kappa shape index (κ3) is 5.18. The fourth-order valence-corrected chi connectivity index (χ4v) is 3.40. The summed E-state index contributed by atoms with van der Waals surface area (Å²) < 4.78 is 83.8. The van der Waals surface area contributed by atoms with E-state index in [1.165, 1.54) is 26.0 Å². The Morgan fingerprint density at radius 2 is 1.63 bits per heavy atom. The van der Waals surface area contributed by atoms with Crippen molar-refractivity contribution in [3.63, 3.8) is 0 Å². The molecule has 0 bridgehead atoms. The fourth-order valence-electron chi connectivity index (χ4n) is 2.25. The van der Waals surface area contributed by atoms with E-state index in [0.29, 0.717) is 6.07 Å². The van der Waals surface area contributed by atoms with E-state index < -0.39 is 29.6 Å². The van der Waals surface area contributed by atoms with E-state index in [2.05, 4.69) is 4.74 Å². The van der Waals surface area contributed by atoms with Crippen molar-refractivity contribution in [1.82, 2.24) is 0 Å². The molecule has 9 heteroatoms. The molecular weight excluding hydrogens is 394 g/mol. The smallest absolute Gasteiger partial charge is 0.403 e. The van der Waals surface area contributed by atoms with Crippen LogP contribution in [0.1, 0.15) is 18.9 Å². The van der Waals surface area contributed by atoms with Crippen LogP contribution < -0.4 is 4.74 Å². The SMILES string of the molecule is CC(=O)CCSc1c(-c2ccc(C)c(F)c2F)ccc(OC(F)(F)F)c1F. The van der Waals surface area contributed by atoms with Gasteiger partial charge in [0.15, 0.2) is 23.2 Å². The number of carbonyl (C=O) groups excluding carboxylic acids is 1. The van der Waals surface area contributed by atoms with Crippen molar-refractivity contribution >= 4 is 17.5 Å². The van der Waals surface area contributed by atoms with Gasteiger partial charge >= 0.3 is 6.36 Å². The summed E-state index contributed by atoms with van der Waals surface area (Å²) in [6, 6.07) is 4.20. The zero-order valence-electron chi connectivity index (χ0n) is 14.2. The molecule has 0 aliphatic heterocycles. The second kappa shape index (κ2) is 8.24. The monoisotopic (exact) mass is 408 g/mol. The number of aryl methyl sites for hydroxylation is 1. The fraction of sp³-hybridized carbons (Fsp3) is 0.278. The molecule has 2 rings (SSSR count). The highest BCUT2D eigenvalue weighted by atomic mass is 32.2. The lowest BCUT2D eigenvalue weighted by Crippen LogP contribution is -2.18. The molecule has 0 N–H and O–H groups in total. The summed E-state index contributed by atoms with van der Waals surface area (Å²) in [5.74, 6) is -5.00. The first-order valence-corrected chi connectivity index (χ1v) is 8.65. The maximum Gasteiger partial charge on any atom is 0.573 e. The van der Waals surface area contributed by atoms with Crippen molar-refractivity contribution in [2.75, 3.05) is 5.75 Å². The number of hydrogen-bond acceptors (Lipinski definition) is 3. The van der Waals surface area contributed by atoms with E-state index in [1.807, 2.05) is 0 Å². The Morgan fingerprint density at radius 3 is 2.22 bits per heavy atom. The van der Waals surface area contributed by atoms with Crippen LogP contribution in [0, 0.1) is 24.4 Å². The molecule has 0 fully saturated rings. The number of rotatable bonds is 6. The zero-order valence-corrected chi connectivity index (χ0v) is 15.0. The van der Waals surface area contributed by atoms with E-state index in [0.717, 1.165) is 17.8 Å². The maximum atomic E-state index is 14.6. The largest absolute Gasteiger partial charge is 0.573 e. The molecule has 2 aromatic carbocycles. The van der Waals surface area contributed by atoms with Gasteiger partial charge in [0.2, 0.25) is 0 Å². The number of alkyl halides is 3. The third-order valence-corrected chi connectivity index (χ3v) is 4.65. The third-order valence-electron chi connectivity index (χ3n) is 3.55. The van der Waals surface area contributed by atoms with Crippen molar-refractivity contribution in [1.29, 1.82) is 0 Å². The number of benzene rings is 2. The number of hydrogen-bond donors (Lipinski definition) is 0. The predicted molar refractivity (Wildman–Crippen MR) is 89.2 cm³/mol. The van der Waals surface area contributed by atoms with Crippen LogP contribution in [-0.4, -0.2) is 17.9 Å². The minimum absolute atomic E-state index is 0.0264. The molecule has 0 saturated heterocycles. The van der Waals surface area contributed by atoms with Crippen LogP contribution in [0.15, 0.2) is 29.2 Å². The predicted octanol–water partition coefficient (Wildman–Crippen LogP) is 6.05. The molecule has 0 aromatic heterocycles. The summed E-state index contributed by atoms with van der Waals surface area (Å²) in [6.45, 7) is 2.64. The second-order valence-corrected chi connectivity index (χ2v) is 6.77. The Bertz CT molecular complexity index is 864. The number of thioether (sulfide) groups is 1. The second-order valence-electron chi connectivity index (χ2n) is 5.66. The highest BCUT2D eigenvalue weighted by Crippen LogP contribution is 2.40. The molecule has 0 aliphatic rings. The molecule has 0 heterocycles. The van der Waals surface area contributed by atoms with Crippen molar-refractivity contribution in [2.45, 2.75) is 31.5 Å². The summed E-state index contributed by atoms with van der Waals surface area (Å²) in [4.78, 5) is 10.7. The van der Waals surface area contributed by atoms with Crippen molar-refractivity contribution in [3.8, 4) is 16.9 Å². The van der Waals surface area contributed by atoms with Crippen molar-refractivity contribution in [3.05, 3.63) is 47.3 Å². The molecule has 146 valence electrons. The lowest BCUT2D eigenvalue weighted by Gasteiger charge is -2.16. The van der Waals surface area contributed by atoms with E-state index in [9.17, 15) is 31.1 Å². The van der Waals surface area contributed by atoms with Crippen molar-refractivity contribution < 1.29 is 35.9 Å². The number of halogens is 6. The molecule has 2 nitrogen and oxygen atoms in total. The van der Waals surface area contributed by atoms with E-state index in [-0.39, 0.29) is 39.5 Å². The van der Waals surface area contributed by atoms with E-state index in [1.54, 1.807) is 0 Å². The zero-order chi connectivity index (χ0) is 20.4. The van der Waals surface area contributed by atoms with Gasteiger partial charge in [0.05, 0.1) is 4.90 Å². The van der Waals surface area contributed by atoms with Gasteiger partial charge in [-0.1, -0.05) is 12.1 Å². The molecule has 0 radical (unpaired) electrons. The van der Waals surface area contributed by atoms with Gasteiger partial charge in [-0.05, 0) is 31.5 Å². The van der Waals surface area contributed by atoms with Crippen LogP contribution in [0.5, 0.6) is 5.75 Å². The Labute approximate surface area is 155 Å². The minimum atomic E-state index is -5.12. The molecule has 0 saturated carbocycles. The number of ether oxygens (including phenoxy) is 1. The van der Waals surface area contributed by atoms with E-state index >= 15 is 0 Å². The topological polar surface area (TPSA) is 26.3 Å². The minimum Gasteiger partial charge on any atom is -0.403 e. The van der Waals surface area contributed by atoms with Gasteiger partial charge in [-0.2, -0.15) is 0 Å². The normalized spacial score (nSPS) is 11.6. The van der Waals surface area contributed by atoms with Gasteiger partial charge in [0.1, 0.15) is 5.78 Å². The lowest BCUT2D eigenvalue weighted by atomic mass is 10.0. The van der Waals surface area contributed by atoms with Crippen molar-refractivity contribution in [2.24, 2.45) is 0 Å².